The Morgan fingerprint density at radius 1 is 1.28 bits per heavy atom. The Morgan fingerprint density at radius 3 is 2.79 bits per heavy atom. The zero-order chi connectivity index (χ0) is 19.3. The molecule has 1 fully saturated rings. The van der Waals surface area contributed by atoms with Crippen molar-refractivity contribution in [3.63, 3.8) is 0 Å². The summed E-state index contributed by atoms with van der Waals surface area (Å²) in [6, 6.07) is 11.6. The van der Waals surface area contributed by atoms with Crippen LogP contribution in [0, 0.1) is 0 Å². The first-order chi connectivity index (χ1) is 13.5. The Kier molecular flexibility index (Phi) is 5.14. The fourth-order valence-electron chi connectivity index (χ4n) is 3.88. The van der Waals surface area contributed by atoms with Gasteiger partial charge in [-0.3, -0.25) is 4.79 Å². The van der Waals surface area contributed by atoms with Gasteiger partial charge in [0, 0.05) is 17.7 Å². The molecular weight excluding hydrogens is 410 g/mol. The van der Waals surface area contributed by atoms with Gasteiger partial charge < -0.3 is 20.5 Å². The molecule has 6 nitrogen and oxygen atoms in total. The van der Waals surface area contributed by atoms with Gasteiger partial charge in [-0.1, -0.05) is 12.1 Å². The number of nitrogens with two attached hydrogens (primary N) is 1. The van der Waals surface area contributed by atoms with Crippen LogP contribution in [0.2, 0.25) is 0 Å². The van der Waals surface area contributed by atoms with Crippen LogP contribution in [0.3, 0.4) is 0 Å². The van der Waals surface area contributed by atoms with E-state index in [1.54, 1.807) is 22.3 Å². The molecule has 2 heterocycles. The van der Waals surface area contributed by atoms with Crippen molar-refractivity contribution in [2.24, 2.45) is 5.73 Å². The lowest BCUT2D eigenvalue weighted by Crippen LogP contribution is -2.59. The molecule has 0 bridgehead atoms. The van der Waals surface area contributed by atoms with Crippen LogP contribution in [0.5, 0.6) is 11.5 Å². The van der Waals surface area contributed by atoms with Gasteiger partial charge in [0.25, 0.3) is 0 Å². The average Bonchev–Trinajstić information content (AvgIpc) is 2.98. The van der Waals surface area contributed by atoms with E-state index in [0.29, 0.717) is 25.4 Å². The molecule has 8 heteroatoms. The Labute approximate surface area is 178 Å². The summed E-state index contributed by atoms with van der Waals surface area (Å²) in [5.74, 6) is 0.493. The molecule has 1 aliphatic heterocycles. The second-order valence-corrected chi connectivity index (χ2v) is 8.59. The minimum absolute atomic E-state index is 0. The minimum Gasteiger partial charge on any atom is -0.504 e. The van der Waals surface area contributed by atoms with E-state index in [9.17, 15) is 9.90 Å². The van der Waals surface area contributed by atoms with Gasteiger partial charge in [0.15, 0.2) is 11.5 Å². The molecule has 0 atom stereocenters. The topological polar surface area (TPSA) is 88.7 Å². The molecule has 1 aliphatic carbocycles. The number of hydrogen-bond donors (Lipinski definition) is 2. The van der Waals surface area contributed by atoms with Crippen molar-refractivity contribution >= 4 is 39.9 Å². The average molecular weight is 432 g/mol. The van der Waals surface area contributed by atoms with E-state index >= 15 is 0 Å². The molecule has 0 radical (unpaired) electrons. The fraction of sp³-hybridized carbons (Fsp3) is 0.333. The number of fused-ring (bicyclic) bond motifs is 2. The van der Waals surface area contributed by atoms with Gasteiger partial charge in [-0.05, 0) is 43.5 Å². The number of rotatable bonds is 2. The van der Waals surface area contributed by atoms with Crippen LogP contribution in [0.4, 0.5) is 0 Å². The Morgan fingerprint density at radius 2 is 2.07 bits per heavy atom. The van der Waals surface area contributed by atoms with Crippen molar-refractivity contribution < 1.29 is 14.6 Å². The molecule has 0 saturated heterocycles. The number of carbonyl (C=O) groups excluding carboxylic acids is 1. The van der Waals surface area contributed by atoms with Crippen molar-refractivity contribution in [2.45, 2.75) is 31.3 Å². The molecule has 152 valence electrons. The molecule has 1 aromatic heterocycles. The number of benzene rings is 2. The van der Waals surface area contributed by atoms with Gasteiger partial charge in [0.1, 0.15) is 11.6 Å². The molecule has 29 heavy (non-hydrogen) atoms. The van der Waals surface area contributed by atoms with Crippen molar-refractivity contribution in [1.82, 2.24) is 9.88 Å². The van der Waals surface area contributed by atoms with E-state index in [-0.39, 0.29) is 24.1 Å². The summed E-state index contributed by atoms with van der Waals surface area (Å²) in [5.41, 5.74) is 8.05. The molecule has 3 aromatic rings. The summed E-state index contributed by atoms with van der Waals surface area (Å²) in [4.78, 5) is 19.3. The minimum atomic E-state index is -0.739. The number of nitrogens with zero attached hydrogens (tertiary/aromatic N) is 2. The maximum Gasteiger partial charge on any atom is 0.243 e. The van der Waals surface area contributed by atoms with Crippen molar-refractivity contribution in [3.8, 4) is 22.1 Å². The van der Waals surface area contributed by atoms with Crippen LogP contribution in [-0.4, -0.2) is 39.6 Å². The largest absolute Gasteiger partial charge is 0.504 e. The summed E-state index contributed by atoms with van der Waals surface area (Å²) in [6.07, 6.45) is 2.45. The third kappa shape index (κ3) is 3.43. The predicted octanol–water partition coefficient (Wildman–Crippen LogP) is 3.69. The van der Waals surface area contributed by atoms with Crippen molar-refractivity contribution in [1.29, 1.82) is 0 Å². The number of thiazole rings is 1. The van der Waals surface area contributed by atoms with Gasteiger partial charge in [-0.15, -0.1) is 23.7 Å². The quantitative estimate of drug-likeness (QED) is 0.645. The molecule has 3 N–H and O–H groups in total. The van der Waals surface area contributed by atoms with Gasteiger partial charge >= 0.3 is 0 Å². The maximum absolute atomic E-state index is 12.9. The van der Waals surface area contributed by atoms with Crippen LogP contribution in [-0.2, 0) is 11.3 Å². The van der Waals surface area contributed by atoms with E-state index < -0.39 is 5.54 Å². The van der Waals surface area contributed by atoms with Crippen LogP contribution in [0.1, 0.15) is 24.8 Å². The highest BCUT2D eigenvalue weighted by Crippen LogP contribution is 2.40. The summed E-state index contributed by atoms with van der Waals surface area (Å²) < 4.78 is 6.86. The number of aromatic nitrogens is 1. The van der Waals surface area contributed by atoms with Crippen LogP contribution in [0.15, 0.2) is 36.4 Å². The third-order valence-corrected chi connectivity index (χ3v) is 6.70. The fourth-order valence-corrected chi connectivity index (χ4v) is 4.83. The molecule has 0 spiro atoms. The van der Waals surface area contributed by atoms with Gasteiger partial charge in [0.2, 0.25) is 5.91 Å². The first-order valence-electron chi connectivity index (χ1n) is 9.46. The molecule has 2 aliphatic rings. The van der Waals surface area contributed by atoms with E-state index in [1.807, 2.05) is 30.3 Å². The molecular formula is C21H22ClN3O3S. The van der Waals surface area contributed by atoms with E-state index in [0.717, 1.165) is 45.6 Å². The molecule has 1 amide bonds. The number of amides is 1. The second-order valence-electron chi connectivity index (χ2n) is 7.56. The van der Waals surface area contributed by atoms with Gasteiger partial charge in [0.05, 0.1) is 22.3 Å². The SMILES string of the molecule is Cl.NC1(C(=O)N2CCOc3c(O)cc(-c4nc5ccccc5s4)cc3C2)CCC1. The van der Waals surface area contributed by atoms with Crippen molar-refractivity contribution in [2.75, 3.05) is 13.2 Å². The number of para-hydroxylation sites is 1. The predicted molar refractivity (Wildman–Crippen MR) is 116 cm³/mol. The number of halogens is 1. The number of phenols is 1. The first kappa shape index (κ1) is 19.9. The molecule has 5 rings (SSSR count). The zero-order valence-corrected chi connectivity index (χ0v) is 17.4. The normalized spacial score (nSPS) is 17.5. The lowest BCUT2D eigenvalue weighted by Gasteiger charge is -2.40. The Balaban J connectivity index is 0.00000205. The molecule has 0 unspecified atom stereocenters. The summed E-state index contributed by atoms with van der Waals surface area (Å²) in [7, 11) is 0. The Hall–Kier alpha value is -2.35. The van der Waals surface area contributed by atoms with Gasteiger partial charge in [-0.25, -0.2) is 4.98 Å². The summed E-state index contributed by atoms with van der Waals surface area (Å²) in [6.45, 7) is 1.17. The summed E-state index contributed by atoms with van der Waals surface area (Å²) in [5, 5.41) is 11.4. The monoisotopic (exact) mass is 431 g/mol. The number of phenolic OH excluding ortho intramolecular Hbond substituents is 1. The molecule has 2 aromatic carbocycles. The van der Waals surface area contributed by atoms with E-state index in [4.69, 9.17) is 10.5 Å². The van der Waals surface area contributed by atoms with Crippen LogP contribution < -0.4 is 10.5 Å². The van der Waals surface area contributed by atoms with Gasteiger partial charge in [-0.2, -0.15) is 0 Å². The standard InChI is InChI=1S/C21H21N3O3S.ClH/c22-21(6-3-7-21)20(26)24-8-9-27-18-14(12-24)10-13(11-16(18)25)19-23-15-4-1-2-5-17(15)28-19;/h1-2,4-5,10-11,25H,3,6-9,12,22H2;1H. The Bertz CT molecular complexity index is 1050. The van der Waals surface area contributed by atoms with Crippen molar-refractivity contribution in [3.05, 3.63) is 42.0 Å². The smallest absolute Gasteiger partial charge is 0.243 e. The number of carbonyl (C=O) groups is 1. The summed E-state index contributed by atoms with van der Waals surface area (Å²) >= 11 is 1.58. The van der Waals surface area contributed by atoms with E-state index in [1.165, 1.54) is 0 Å². The highest BCUT2D eigenvalue weighted by molar-refractivity contribution is 7.21. The van der Waals surface area contributed by atoms with Crippen LogP contribution >= 0.6 is 23.7 Å². The van der Waals surface area contributed by atoms with E-state index in [2.05, 4.69) is 4.98 Å². The molecule has 1 saturated carbocycles. The number of hydrogen-bond acceptors (Lipinski definition) is 6. The second kappa shape index (κ2) is 7.48. The highest BCUT2D eigenvalue weighted by atomic mass is 35.5. The lowest BCUT2D eigenvalue weighted by molar-refractivity contribution is -0.140. The lowest BCUT2D eigenvalue weighted by atomic mass is 9.76. The maximum atomic E-state index is 12.9. The number of aromatic hydroxyl groups is 1. The zero-order valence-electron chi connectivity index (χ0n) is 15.8. The number of ether oxygens (including phenoxy) is 1. The first-order valence-corrected chi connectivity index (χ1v) is 10.3. The third-order valence-electron chi connectivity index (χ3n) is 5.61. The highest BCUT2D eigenvalue weighted by Gasteiger charge is 2.43. The van der Waals surface area contributed by atoms with Crippen LogP contribution in [0.25, 0.3) is 20.8 Å².